The van der Waals surface area contributed by atoms with Crippen molar-refractivity contribution in [1.29, 1.82) is 0 Å². The van der Waals surface area contributed by atoms with Gasteiger partial charge in [0.15, 0.2) is 8.32 Å². The van der Waals surface area contributed by atoms with Gasteiger partial charge in [-0.15, -0.1) is 0 Å². The highest BCUT2D eigenvalue weighted by atomic mass is 28.4. The Morgan fingerprint density at radius 1 is 0.929 bits per heavy atom. The van der Waals surface area contributed by atoms with Crippen LogP contribution in [0, 0.1) is 0 Å². The molecule has 2 rings (SSSR count). The number of benzene rings is 2. The van der Waals surface area contributed by atoms with Gasteiger partial charge in [0.2, 0.25) is 0 Å². The van der Waals surface area contributed by atoms with Crippen molar-refractivity contribution in [1.82, 2.24) is 5.32 Å². The van der Waals surface area contributed by atoms with E-state index in [-0.39, 0.29) is 6.04 Å². The van der Waals surface area contributed by atoms with Crippen LogP contribution in [0.15, 0.2) is 54.6 Å². The van der Waals surface area contributed by atoms with E-state index in [1.165, 1.54) is 0 Å². The van der Waals surface area contributed by atoms with Gasteiger partial charge in [-0.05, 0) is 56.2 Å². The Morgan fingerprint density at radius 3 is 1.93 bits per heavy atom. The fraction of sp³-hybridized carbons (Fsp3) is 0.455. The van der Waals surface area contributed by atoms with Crippen LogP contribution in [0.1, 0.15) is 43.0 Å². The lowest BCUT2D eigenvalue weighted by molar-refractivity contribution is -0.137. The maximum Gasteiger partial charge on any atom is 0.416 e. The number of rotatable bonds is 8. The molecule has 0 saturated heterocycles. The minimum Gasteiger partial charge on any atom is -0.416 e. The quantitative estimate of drug-likeness (QED) is 0.502. The predicted molar refractivity (Wildman–Crippen MR) is 111 cm³/mol. The molecule has 0 spiro atoms. The number of hydrogen-bond donors (Lipinski definition) is 1. The normalized spacial score (nSPS) is 15.9. The molecular weight excluding hydrogens is 379 g/mol. The molecule has 0 aliphatic rings. The van der Waals surface area contributed by atoms with Crippen LogP contribution >= 0.6 is 0 Å². The smallest absolute Gasteiger partial charge is 0.416 e. The molecular formula is C22H30F3NOSi. The van der Waals surface area contributed by atoms with E-state index < -0.39 is 25.6 Å². The topological polar surface area (TPSA) is 21.3 Å². The maximum absolute atomic E-state index is 12.9. The summed E-state index contributed by atoms with van der Waals surface area (Å²) in [5.41, 5.74) is 0.827. The summed E-state index contributed by atoms with van der Waals surface area (Å²) in [5, 5.41) is 3.66. The van der Waals surface area contributed by atoms with Crippen molar-refractivity contribution in [3.05, 3.63) is 71.3 Å². The highest BCUT2D eigenvalue weighted by Crippen LogP contribution is 2.33. The van der Waals surface area contributed by atoms with E-state index in [0.29, 0.717) is 6.61 Å². The van der Waals surface area contributed by atoms with Crippen LogP contribution in [0.2, 0.25) is 19.6 Å². The standard InChI is InChI=1S/C22H30F3NOSi/c1-6-21(2,18-12-14-19(15-13-18)22(23,24)25)26-20(16-27-28(3,4)5)17-10-8-7-9-11-17/h7-15,20,26H,6,16H2,1-5H3/t20-,21+/m1/s1. The zero-order valence-corrected chi connectivity index (χ0v) is 18.2. The van der Waals surface area contributed by atoms with Crippen molar-refractivity contribution >= 4 is 8.32 Å². The minimum absolute atomic E-state index is 0.0554. The second-order valence-corrected chi connectivity index (χ2v) is 12.8. The third-order valence-electron chi connectivity index (χ3n) is 4.93. The molecule has 0 aliphatic heterocycles. The molecule has 2 atom stereocenters. The second kappa shape index (κ2) is 8.80. The third-order valence-corrected chi connectivity index (χ3v) is 5.97. The summed E-state index contributed by atoms with van der Waals surface area (Å²) >= 11 is 0. The summed E-state index contributed by atoms with van der Waals surface area (Å²) < 4.78 is 44.9. The summed E-state index contributed by atoms with van der Waals surface area (Å²) in [6.45, 7) is 11.0. The lowest BCUT2D eigenvalue weighted by Gasteiger charge is -2.36. The van der Waals surface area contributed by atoms with Gasteiger partial charge in [0.1, 0.15) is 0 Å². The van der Waals surface area contributed by atoms with Gasteiger partial charge in [-0.25, -0.2) is 0 Å². The summed E-state index contributed by atoms with van der Waals surface area (Å²) in [4.78, 5) is 0. The SMILES string of the molecule is CC[C@](C)(N[C@H](CO[Si](C)(C)C)c1ccccc1)c1ccc(C(F)(F)F)cc1. The number of nitrogens with one attached hydrogen (secondary N) is 1. The molecule has 0 heterocycles. The molecule has 154 valence electrons. The fourth-order valence-corrected chi connectivity index (χ4v) is 3.71. The third kappa shape index (κ3) is 6.19. The van der Waals surface area contributed by atoms with Crippen molar-refractivity contribution in [2.75, 3.05) is 6.61 Å². The Kier molecular flexibility index (Phi) is 7.12. The minimum atomic E-state index is -4.33. The largest absolute Gasteiger partial charge is 0.416 e. The molecule has 0 aliphatic carbocycles. The molecule has 2 nitrogen and oxygen atoms in total. The molecule has 28 heavy (non-hydrogen) atoms. The molecule has 0 amide bonds. The van der Waals surface area contributed by atoms with Gasteiger partial charge in [0.25, 0.3) is 0 Å². The lowest BCUT2D eigenvalue weighted by Crippen LogP contribution is -2.44. The van der Waals surface area contributed by atoms with Gasteiger partial charge in [0, 0.05) is 5.54 Å². The van der Waals surface area contributed by atoms with E-state index in [0.717, 1.165) is 29.7 Å². The van der Waals surface area contributed by atoms with Crippen molar-refractivity contribution in [2.24, 2.45) is 0 Å². The first-order valence-corrected chi connectivity index (χ1v) is 13.0. The molecule has 0 fully saturated rings. The molecule has 2 aromatic rings. The van der Waals surface area contributed by atoms with Crippen LogP contribution in [0.25, 0.3) is 0 Å². The van der Waals surface area contributed by atoms with Gasteiger partial charge in [-0.1, -0.05) is 49.4 Å². The van der Waals surface area contributed by atoms with Crippen LogP contribution in [-0.4, -0.2) is 14.9 Å². The van der Waals surface area contributed by atoms with E-state index in [2.05, 4.69) is 25.0 Å². The predicted octanol–water partition coefficient (Wildman–Crippen LogP) is 6.51. The molecule has 0 aromatic heterocycles. The highest BCUT2D eigenvalue weighted by molar-refractivity contribution is 6.69. The van der Waals surface area contributed by atoms with Gasteiger partial charge in [0.05, 0.1) is 18.2 Å². The van der Waals surface area contributed by atoms with E-state index in [9.17, 15) is 13.2 Å². The summed E-state index contributed by atoms with van der Waals surface area (Å²) in [7, 11) is -1.71. The number of alkyl halides is 3. The Bertz CT molecular complexity index is 741. The number of halogens is 3. The molecule has 6 heteroatoms. The lowest BCUT2D eigenvalue weighted by atomic mass is 9.87. The van der Waals surface area contributed by atoms with E-state index in [4.69, 9.17) is 4.43 Å². The fourth-order valence-electron chi connectivity index (χ4n) is 3.04. The molecule has 1 N–H and O–H groups in total. The first-order chi connectivity index (χ1) is 12.9. The van der Waals surface area contributed by atoms with Gasteiger partial charge < -0.3 is 4.43 Å². The van der Waals surface area contributed by atoms with E-state index in [1.54, 1.807) is 12.1 Å². The monoisotopic (exact) mass is 409 g/mol. The van der Waals surface area contributed by atoms with Gasteiger partial charge >= 0.3 is 6.18 Å². The molecule has 0 radical (unpaired) electrons. The van der Waals surface area contributed by atoms with Gasteiger partial charge in [-0.2, -0.15) is 13.2 Å². The molecule has 0 bridgehead atoms. The highest BCUT2D eigenvalue weighted by Gasteiger charge is 2.33. The maximum atomic E-state index is 12.9. The average molecular weight is 410 g/mol. The first-order valence-electron chi connectivity index (χ1n) is 9.59. The Morgan fingerprint density at radius 2 is 1.46 bits per heavy atom. The number of hydrogen-bond acceptors (Lipinski definition) is 2. The summed E-state index contributed by atoms with van der Waals surface area (Å²) in [5.74, 6) is 0. The first kappa shape index (κ1) is 22.7. The van der Waals surface area contributed by atoms with Crippen LogP contribution in [0.3, 0.4) is 0 Å². The van der Waals surface area contributed by atoms with Crippen molar-refractivity contribution < 1.29 is 17.6 Å². The van der Waals surface area contributed by atoms with Crippen LogP contribution < -0.4 is 5.32 Å². The van der Waals surface area contributed by atoms with Crippen LogP contribution in [0.5, 0.6) is 0 Å². The average Bonchev–Trinajstić information content (AvgIpc) is 2.64. The van der Waals surface area contributed by atoms with Crippen molar-refractivity contribution in [2.45, 2.75) is 57.7 Å². The van der Waals surface area contributed by atoms with E-state index in [1.807, 2.05) is 44.2 Å². The van der Waals surface area contributed by atoms with Crippen molar-refractivity contribution in [3.8, 4) is 0 Å². The Balaban J connectivity index is 2.30. The Hall–Kier alpha value is -1.63. The van der Waals surface area contributed by atoms with Gasteiger partial charge in [-0.3, -0.25) is 5.32 Å². The summed E-state index contributed by atoms with van der Waals surface area (Å²) in [6.07, 6.45) is -3.60. The van der Waals surface area contributed by atoms with Crippen LogP contribution in [-0.2, 0) is 16.1 Å². The molecule has 0 unspecified atom stereocenters. The molecule has 0 saturated carbocycles. The zero-order chi connectivity index (χ0) is 21.0. The van der Waals surface area contributed by atoms with Crippen LogP contribution in [0.4, 0.5) is 13.2 Å². The zero-order valence-electron chi connectivity index (χ0n) is 17.2. The summed E-state index contributed by atoms with van der Waals surface area (Å²) in [6, 6.07) is 15.4. The van der Waals surface area contributed by atoms with Crippen molar-refractivity contribution in [3.63, 3.8) is 0 Å². The second-order valence-electron chi connectivity index (χ2n) is 8.29. The Labute approximate surface area is 167 Å². The van der Waals surface area contributed by atoms with E-state index >= 15 is 0 Å². The molecule has 2 aromatic carbocycles.